The molecule has 2 aliphatic rings. The van der Waals surface area contributed by atoms with Gasteiger partial charge in [0.15, 0.2) is 11.5 Å². The summed E-state index contributed by atoms with van der Waals surface area (Å²) in [6, 6.07) is 11.1. The highest BCUT2D eigenvalue weighted by molar-refractivity contribution is 5.95. The molecule has 0 aromatic heterocycles. The molecule has 1 saturated carbocycles. The van der Waals surface area contributed by atoms with E-state index in [2.05, 4.69) is 5.32 Å². The van der Waals surface area contributed by atoms with Crippen LogP contribution in [0.1, 0.15) is 63.9 Å². The molecule has 176 valence electrons. The number of amides is 1. The van der Waals surface area contributed by atoms with E-state index in [-0.39, 0.29) is 11.5 Å². The van der Waals surface area contributed by atoms with Crippen molar-refractivity contribution in [2.45, 2.75) is 45.2 Å². The van der Waals surface area contributed by atoms with Gasteiger partial charge >= 0.3 is 5.97 Å². The monoisotopic (exact) mass is 452 g/mol. The molecule has 1 amide bonds. The lowest BCUT2D eigenvalue weighted by Crippen LogP contribution is -2.31. The second kappa shape index (κ2) is 10.7. The number of carbonyl (C=O) groups is 2. The van der Waals surface area contributed by atoms with Crippen LogP contribution >= 0.6 is 0 Å². The van der Waals surface area contributed by atoms with Crippen molar-refractivity contribution in [3.8, 4) is 11.5 Å². The van der Waals surface area contributed by atoms with E-state index in [0.717, 1.165) is 12.1 Å². The van der Waals surface area contributed by atoms with Gasteiger partial charge in [-0.1, -0.05) is 43.5 Å². The van der Waals surface area contributed by atoms with E-state index in [0.29, 0.717) is 54.8 Å². The lowest BCUT2D eigenvalue weighted by Gasteiger charge is -2.24. The third-order valence-electron chi connectivity index (χ3n) is 6.43. The van der Waals surface area contributed by atoms with Gasteiger partial charge < -0.3 is 19.9 Å². The lowest BCUT2D eigenvalue weighted by molar-refractivity contribution is 0.0683. The molecule has 0 saturated heterocycles. The van der Waals surface area contributed by atoms with Crippen LogP contribution in [0.2, 0.25) is 0 Å². The normalized spacial score (nSPS) is 15.9. The summed E-state index contributed by atoms with van der Waals surface area (Å²) < 4.78 is 11.1. The number of nitrogens with zero attached hydrogens (tertiary/aromatic N) is 1. The molecule has 1 heterocycles. The number of rotatable bonds is 8. The summed E-state index contributed by atoms with van der Waals surface area (Å²) in [6.07, 6.45) is 6.17. The Bertz CT molecular complexity index is 1000. The number of fused-ring (bicyclic) bond motifs is 1. The fourth-order valence-corrected chi connectivity index (χ4v) is 4.76. The van der Waals surface area contributed by atoms with Crippen molar-refractivity contribution in [2.75, 3.05) is 26.8 Å². The van der Waals surface area contributed by atoms with E-state index in [1.54, 1.807) is 12.1 Å². The first kappa shape index (κ1) is 23.1. The molecule has 2 aromatic rings. The zero-order chi connectivity index (χ0) is 23.2. The number of carboxylic acid groups (broad SMARTS) is 1. The van der Waals surface area contributed by atoms with Crippen LogP contribution in [0.25, 0.3) is 0 Å². The molecule has 7 heteroatoms. The standard InChI is InChI=1S/C26H32N2O5/c1-28(17-20-11-12-22-24(23(20)26(30)31)33-14-13-32-22)16-19-9-5-6-10-21(19)25(29)27-15-18-7-3-2-4-8-18/h5-6,9-12,18H,2-4,7-8,13-17H2,1H3,(H,27,29)(H,30,31). The Hall–Kier alpha value is -3.06. The van der Waals surface area contributed by atoms with Crippen LogP contribution in [0.4, 0.5) is 0 Å². The molecule has 0 atom stereocenters. The summed E-state index contributed by atoms with van der Waals surface area (Å²) in [4.78, 5) is 26.9. The van der Waals surface area contributed by atoms with E-state index in [1.165, 1.54) is 32.1 Å². The summed E-state index contributed by atoms with van der Waals surface area (Å²) in [6.45, 7) is 2.37. The number of benzene rings is 2. The van der Waals surface area contributed by atoms with Gasteiger partial charge in [-0.3, -0.25) is 9.69 Å². The Morgan fingerprint density at radius 1 is 1.00 bits per heavy atom. The van der Waals surface area contributed by atoms with Crippen molar-refractivity contribution < 1.29 is 24.2 Å². The third-order valence-corrected chi connectivity index (χ3v) is 6.43. The molecular formula is C26H32N2O5. The minimum Gasteiger partial charge on any atom is -0.486 e. The SMILES string of the molecule is CN(Cc1ccccc1C(=O)NCC1CCCCC1)Cc1ccc2c(c1C(=O)O)OCCO2. The van der Waals surface area contributed by atoms with Gasteiger partial charge in [0.2, 0.25) is 0 Å². The maximum atomic E-state index is 12.9. The first-order valence-corrected chi connectivity index (χ1v) is 11.7. The quantitative estimate of drug-likeness (QED) is 0.627. The van der Waals surface area contributed by atoms with Crippen molar-refractivity contribution in [1.29, 1.82) is 0 Å². The van der Waals surface area contributed by atoms with Crippen LogP contribution in [0.15, 0.2) is 36.4 Å². The molecule has 1 fully saturated rings. The molecular weight excluding hydrogens is 420 g/mol. The Labute approximate surface area is 194 Å². The van der Waals surface area contributed by atoms with Crippen molar-refractivity contribution >= 4 is 11.9 Å². The number of carboxylic acids is 1. The van der Waals surface area contributed by atoms with Crippen LogP contribution in [-0.2, 0) is 13.1 Å². The molecule has 2 aromatic carbocycles. The lowest BCUT2D eigenvalue weighted by atomic mass is 9.89. The van der Waals surface area contributed by atoms with Crippen LogP contribution in [0.5, 0.6) is 11.5 Å². The van der Waals surface area contributed by atoms with E-state index in [4.69, 9.17) is 9.47 Å². The van der Waals surface area contributed by atoms with Crippen molar-refractivity contribution in [1.82, 2.24) is 10.2 Å². The first-order valence-electron chi connectivity index (χ1n) is 11.7. The highest BCUT2D eigenvalue weighted by Gasteiger charge is 2.25. The van der Waals surface area contributed by atoms with Gasteiger partial charge in [-0.05, 0) is 49.1 Å². The van der Waals surface area contributed by atoms with Gasteiger partial charge in [0.1, 0.15) is 18.8 Å². The van der Waals surface area contributed by atoms with Gasteiger partial charge in [-0.15, -0.1) is 0 Å². The minimum absolute atomic E-state index is 0.0462. The maximum absolute atomic E-state index is 12.9. The van der Waals surface area contributed by atoms with Crippen LogP contribution in [0.3, 0.4) is 0 Å². The second-order valence-corrected chi connectivity index (χ2v) is 8.97. The Balaban J connectivity index is 1.44. The molecule has 0 bridgehead atoms. The van der Waals surface area contributed by atoms with Gasteiger partial charge in [-0.25, -0.2) is 4.79 Å². The molecule has 1 aliphatic heterocycles. The zero-order valence-electron chi connectivity index (χ0n) is 19.1. The third kappa shape index (κ3) is 5.66. The summed E-state index contributed by atoms with van der Waals surface area (Å²) in [7, 11) is 1.92. The predicted octanol–water partition coefficient (Wildman–Crippen LogP) is 4.10. The smallest absolute Gasteiger partial charge is 0.339 e. The minimum atomic E-state index is -1.04. The molecule has 0 spiro atoms. The predicted molar refractivity (Wildman–Crippen MR) is 125 cm³/mol. The summed E-state index contributed by atoms with van der Waals surface area (Å²) in [5, 5.41) is 12.9. The van der Waals surface area contributed by atoms with Crippen LogP contribution < -0.4 is 14.8 Å². The Morgan fingerprint density at radius 2 is 1.73 bits per heavy atom. The van der Waals surface area contributed by atoms with E-state index >= 15 is 0 Å². The van der Waals surface area contributed by atoms with Crippen LogP contribution in [-0.4, -0.2) is 48.7 Å². The molecule has 7 nitrogen and oxygen atoms in total. The molecule has 0 unspecified atom stereocenters. The number of nitrogens with one attached hydrogen (secondary N) is 1. The van der Waals surface area contributed by atoms with Gasteiger partial charge in [-0.2, -0.15) is 0 Å². The number of carbonyl (C=O) groups excluding carboxylic acids is 1. The highest BCUT2D eigenvalue weighted by Crippen LogP contribution is 2.36. The van der Waals surface area contributed by atoms with E-state index < -0.39 is 5.97 Å². The fourth-order valence-electron chi connectivity index (χ4n) is 4.76. The summed E-state index contributed by atoms with van der Waals surface area (Å²) >= 11 is 0. The first-order chi connectivity index (χ1) is 16.0. The fraction of sp³-hybridized carbons (Fsp3) is 0.462. The number of aromatic carboxylic acids is 1. The average Bonchev–Trinajstić information content (AvgIpc) is 2.83. The Morgan fingerprint density at radius 3 is 2.52 bits per heavy atom. The number of ether oxygens (including phenoxy) is 2. The summed E-state index contributed by atoms with van der Waals surface area (Å²) in [5.41, 5.74) is 2.36. The maximum Gasteiger partial charge on any atom is 0.339 e. The van der Waals surface area contributed by atoms with Crippen molar-refractivity contribution in [3.05, 3.63) is 58.7 Å². The second-order valence-electron chi connectivity index (χ2n) is 8.97. The Kier molecular flexibility index (Phi) is 7.50. The molecule has 2 N–H and O–H groups in total. The van der Waals surface area contributed by atoms with Gasteiger partial charge in [0.05, 0.1) is 0 Å². The highest BCUT2D eigenvalue weighted by atomic mass is 16.6. The van der Waals surface area contributed by atoms with Gasteiger partial charge in [0, 0.05) is 25.2 Å². The average molecular weight is 453 g/mol. The number of hydrogen-bond donors (Lipinski definition) is 2. The van der Waals surface area contributed by atoms with E-state index in [1.807, 2.05) is 36.2 Å². The number of hydrogen-bond acceptors (Lipinski definition) is 5. The largest absolute Gasteiger partial charge is 0.486 e. The van der Waals surface area contributed by atoms with Crippen LogP contribution in [0, 0.1) is 5.92 Å². The zero-order valence-corrected chi connectivity index (χ0v) is 19.1. The van der Waals surface area contributed by atoms with Gasteiger partial charge in [0.25, 0.3) is 5.91 Å². The molecule has 33 heavy (non-hydrogen) atoms. The molecule has 1 aliphatic carbocycles. The molecule has 0 radical (unpaired) electrons. The molecule has 4 rings (SSSR count). The topological polar surface area (TPSA) is 88.1 Å². The van der Waals surface area contributed by atoms with Crippen molar-refractivity contribution in [2.24, 2.45) is 5.92 Å². The van der Waals surface area contributed by atoms with Crippen molar-refractivity contribution in [3.63, 3.8) is 0 Å². The van der Waals surface area contributed by atoms with E-state index in [9.17, 15) is 14.7 Å². The summed E-state index contributed by atoms with van der Waals surface area (Å²) in [5.74, 6) is 0.243.